The minimum absolute atomic E-state index is 0. The molecule has 0 spiro atoms. The van der Waals surface area contributed by atoms with Gasteiger partial charge in [0.05, 0.1) is 13.7 Å². The van der Waals surface area contributed by atoms with Crippen molar-refractivity contribution in [3.8, 4) is 0 Å². The van der Waals surface area contributed by atoms with Gasteiger partial charge >= 0.3 is 0 Å². The molecule has 1 atom stereocenters. The topological polar surface area (TPSA) is 49.3 Å². The van der Waals surface area contributed by atoms with Crippen LogP contribution in [0.15, 0.2) is 18.7 Å². The maximum Gasteiger partial charge on any atom is 0.243 e. The van der Waals surface area contributed by atoms with E-state index in [0.717, 1.165) is 0 Å². The number of hydrogen-bond donors (Lipinski definition) is 2. The average molecular weight is 193 g/mol. The smallest absolute Gasteiger partial charge is 0.243 e. The van der Waals surface area contributed by atoms with E-state index in [2.05, 4.69) is 0 Å². The van der Waals surface area contributed by atoms with E-state index in [0.29, 0.717) is 6.54 Å². The van der Waals surface area contributed by atoms with Gasteiger partial charge in [0.1, 0.15) is 25.0 Å². The third-order valence-electron chi connectivity index (χ3n) is 1.46. The van der Waals surface area contributed by atoms with Crippen molar-refractivity contribution in [3.05, 3.63) is 18.7 Å². The van der Waals surface area contributed by atoms with Gasteiger partial charge in [-0.2, -0.15) is 0 Å². The number of aromatic nitrogens is 2. The lowest BCUT2D eigenvalue weighted by atomic mass is 10.4. The van der Waals surface area contributed by atoms with E-state index in [4.69, 9.17) is 10.2 Å². The van der Waals surface area contributed by atoms with Gasteiger partial charge in [0, 0.05) is 0 Å². The first-order chi connectivity index (χ1) is 5.22. The fourth-order valence-corrected chi connectivity index (χ4v) is 0.911. The zero-order chi connectivity index (χ0) is 8.27. The van der Waals surface area contributed by atoms with Gasteiger partial charge in [0.15, 0.2) is 0 Å². The van der Waals surface area contributed by atoms with Crippen LogP contribution < -0.4 is 17.0 Å². The van der Waals surface area contributed by atoms with Crippen LogP contribution in [-0.4, -0.2) is 27.5 Å². The van der Waals surface area contributed by atoms with Crippen molar-refractivity contribution in [2.45, 2.75) is 12.6 Å². The maximum absolute atomic E-state index is 9.04. The molecule has 0 aromatic carbocycles. The minimum Gasteiger partial charge on any atom is -1.00 e. The Kier molecular flexibility index (Phi) is 4.89. The number of imidazole rings is 1. The Bertz CT molecular complexity index is 227. The summed E-state index contributed by atoms with van der Waals surface area (Å²) in [6, 6.07) is 0. The fraction of sp³-hybridized carbons (Fsp3) is 0.571. The van der Waals surface area contributed by atoms with Crippen molar-refractivity contribution in [2.75, 3.05) is 6.61 Å². The third-order valence-corrected chi connectivity index (χ3v) is 1.46. The van der Waals surface area contributed by atoms with Crippen LogP contribution in [0.25, 0.3) is 0 Å². The Morgan fingerprint density at radius 3 is 2.67 bits per heavy atom. The number of aliphatic hydroxyl groups excluding tert-OH is 2. The first-order valence-electron chi connectivity index (χ1n) is 3.52. The van der Waals surface area contributed by atoms with Crippen molar-refractivity contribution in [2.24, 2.45) is 7.05 Å². The monoisotopic (exact) mass is 192 g/mol. The van der Waals surface area contributed by atoms with Gasteiger partial charge in [-0.05, 0) is 0 Å². The molecule has 0 aliphatic carbocycles. The van der Waals surface area contributed by atoms with E-state index >= 15 is 0 Å². The molecule has 1 aromatic rings. The van der Waals surface area contributed by atoms with Crippen molar-refractivity contribution in [1.29, 1.82) is 0 Å². The van der Waals surface area contributed by atoms with Crippen molar-refractivity contribution >= 4 is 0 Å². The molecule has 1 rings (SSSR count). The predicted octanol–water partition coefficient (Wildman–Crippen LogP) is -4.33. The van der Waals surface area contributed by atoms with Gasteiger partial charge in [-0.15, -0.1) is 0 Å². The Balaban J connectivity index is 0.00000121. The van der Waals surface area contributed by atoms with Crippen molar-refractivity contribution in [1.82, 2.24) is 4.57 Å². The molecule has 0 saturated carbocycles. The van der Waals surface area contributed by atoms with E-state index in [-0.39, 0.29) is 19.0 Å². The lowest BCUT2D eigenvalue weighted by molar-refractivity contribution is -0.703. The van der Waals surface area contributed by atoms with Gasteiger partial charge in [0.25, 0.3) is 0 Å². The first-order valence-corrected chi connectivity index (χ1v) is 3.52. The van der Waals surface area contributed by atoms with Crippen LogP contribution in [0.3, 0.4) is 0 Å². The van der Waals surface area contributed by atoms with E-state index in [1.807, 2.05) is 34.9 Å². The third kappa shape index (κ3) is 3.21. The maximum atomic E-state index is 9.04. The lowest BCUT2D eigenvalue weighted by Gasteiger charge is -2.01. The summed E-state index contributed by atoms with van der Waals surface area (Å²) in [5.74, 6) is 0. The van der Waals surface area contributed by atoms with Crippen LogP contribution in [0, 0.1) is 0 Å². The van der Waals surface area contributed by atoms with E-state index in [9.17, 15) is 0 Å². The molecule has 1 heterocycles. The van der Waals surface area contributed by atoms with Gasteiger partial charge in [0.2, 0.25) is 6.33 Å². The molecule has 2 N–H and O–H groups in total. The molecule has 0 bridgehead atoms. The summed E-state index contributed by atoms with van der Waals surface area (Å²) < 4.78 is 3.70. The number of rotatable bonds is 3. The van der Waals surface area contributed by atoms with Crippen molar-refractivity contribution in [3.63, 3.8) is 0 Å². The molecule has 1 unspecified atom stereocenters. The highest BCUT2D eigenvalue weighted by atomic mass is 35.5. The summed E-state index contributed by atoms with van der Waals surface area (Å²) in [7, 11) is 1.90. The van der Waals surface area contributed by atoms with E-state index in [1.54, 1.807) is 0 Å². The average Bonchev–Trinajstić information content (AvgIpc) is 2.35. The lowest BCUT2D eigenvalue weighted by Crippen LogP contribution is -3.00. The Labute approximate surface area is 77.5 Å². The fourth-order valence-electron chi connectivity index (χ4n) is 0.911. The summed E-state index contributed by atoms with van der Waals surface area (Å²) in [4.78, 5) is 0. The molecule has 0 aliphatic rings. The second kappa shape index (κ2) is 5.13. The van der Waals surface area contributed by atoms with Crippen LogP contribution in [0.4, 0.5) is 0 Å². The summed E-state index contributed by atoms with van der Waals surface area (Å²) in [6.45, 7) is 0.249. The Hall–Kier alpha value is -0.580. The van der Waals surface area contributed by atoms with Crippen LogP contribution in [0.1, 0.15) is 0 Å². The van der Waals surface area contributed by atoms with Crippen LogP contribution in [0.5, 0.6) is 0 Å². The highest BCUT2D eigenvalue weighted by Gasteiger charge is 2.06. The standard InChI is InChI=1S/C7H13N2O2.ClH/c1-8-2-3-9(6-8)4-7(11)5-10;/h2-3,6-7,10-11H,4-5H2,1H3;1H/q+1;/p-1. The highest BCUT2D eigenvalue weighted by Crippen LogP contribution is 1.82. The molecule has 12 heavy (non-hydrogen) atoms. The van der Waals surface area contributed by atoms with Crippen molar-refractivity contribution < 1.29 is 27.2 Å². The van der Waals surface area contributed by atoms with E-state index < -0.39 is 6.10 Å². The predicted molar refractivity (Wildman–Crippen MR) is 38.7 cm³/mol. The number of hydrogen-bond acceptors (Lipinski definition) is 2. The first kappa shape index (κ1) is 11.4. The summed E-state index contributed by atoms with van der Waals surface area (Å²) >= 11 is 0. The molecule has 0 amide bonds. The quantitative estimate of drug-likeness (QED) is 0.476. The second-order valence-corrected chi connectivity index (χ2v) is 2.61. The largest absolute Gasteiger partial charge is 1.00 e. The number of halogens is 1. The summed E-state index contributed by atoms with van der Waals surface area (Å²) in [5, 5.41) is 17.6. The summed E-state index contributed by atoms with van der Waals surface area (Å²) in [5.41, 5.74) is 0. The van der Waals surface area contributed by atoms with Crippen LogP contribution in [0.2, 0.25) is 0 Å². The number of nitrogens with zero attached hydrogens (tertiary/aromatic N) is 2. The minimum atomic E-state index is -0.664. The summed E-state index contributed by atoms with van der Waals surface area (Å²) in [6.07, 6.45) is 4.91. The Morgan fingerprint density at radius 1 is 1.58 bits per heavy atom. The van der Waals surface area contributed by atoms with Gasteiger partial charge < -0.3 is 22.6 Å². The van der Waals surface area contributed by atoms with Gasteiger partial charge in [-0.25, -0.2) is 9.13 Å². The Morgan fingerprint density at radius 2 is 2.25 bits per heavy atom. The van der Waals surface area contributed by atoms with Gasteiger partial charge in [-0.1, -0.05) is 0 Å². The molecule has 0 fully saturated rings. The highest BCUT2D eigenvalue weighted by molar-refractivity contribution is 4.62. The molecule has 0 radical (unpaired) electrons. The zero-order valence-electron chi connectivity index (χ0n) is 6.89. The van der Waals surface area contributed by atoms with Crippen LogP contribution >= 0.6 is 0 Å². The second-order valence-electron chi connectivity index (χ2n) is 2.61. The molecule has 70 valence electrons. The van der Waals surface area contributed by atoms with Crippen LogP contribution in [-0.2, 0) is 13.6 Å². The normalized spacial score (nSPS) is 12.2. The zero-order valence-corrected chi connectivity index (χ0v) is 7.65. The molecule has 0 aliphatic heterocycles. The SMILES string of the molecule is Cn1cc[n+](CC(O)CO)c1.[Cl-]. The number of aryl methyl sites for hydroxylation is 1. The molecule has 4 nitrogen and oxygen atoms in total. The van der Waals surface area contributed by atoms with Gasteiger partial charge in [-0.3, -0.25) is 0 Å². The molecule has 1 aromatic heterocycles. The molecular formula is C7H13ClN2O2. The number of aliphatic hydroxyl groups is 2. The molecule has 0 saturated heterocycles. The molecular weight excluding hydrogens is 180 g/mol. The van der Waals surface area contributed by atoms with E-state index in [1.165, 1.54) is 0 Å². The molecule has 5 heteroatoms.